The highest BCUT2D eigenvalue weighted by Crippen LogP contribution is 2.21. The summed E-state index contributed by atoms with van der Waals surface area (Å²) in [6.07, 6.45) is 0.477. The zero-order valence-electron chi connectivity index (χ0n) is 9.85. The molecule has 1 unspecified atom stereocenters. The Morgan fingerprint density at radius 3 is 2.44 bits per heavy atom. The molecule has 1 N–H and O–H groups in total. The first-order valence-corrected chi connectivity index (χ1v) is 5.83. The van der Waals surface area contributed by atoms with Crippen LogP contribution in [0.25, 0.3) is 10.8 Å². The topological polar surface area (TPSA) is 20.2 Å². The lowest BCUT2D eigenvalue weighted by molar-refractivity contribution is 0.126. The summed E-state index contributed by atoms with van der Waals surface area (Å²) in [7, 11) is 0. The second kappa shape index (κ2) is 4.67. The Morgan fingerprint density at radius 1 is 1.00 bits per heavy atom. The first-order valence-electron chi connectivity index (χ1n) is 5.83. The number of aliphatic hydroxyl groups excluding tert-OH is 1. The van der Waals surface area contributed by atoms with Gasteiger partial charge in [0, 0.05) is 0 Å². The van der Waals surface area contributed by atoms with Crippen LogP contribution in [0.4, 0.5) is 0 Å². The highest BCUT2D eigenvalue weighted by atomic mass is 16.3. The van der Waals surface area contributed by atoms with E-state index in [-0.39, 0.29) is 6.10 Å². The highest BCUT2D eigenvalue weighted by Gasteiger charge is 2.11. The molecule has 2 rings (SSSR count). The molecule has 0 heterocycles. The van der Waals surface area contributed by atoms with E-state index in [1.807, 2.05) is 12.1 Å². The Balaban J connectivity index is 2.37. The van der Waals surface area contributed by atoms with Gasteiger partial charge in [-0.2, -0.15) is 0 Å². The summed E-state index contributed by atoms with van der Waals surface area (Å²) in [5, 5.41) is 12.4. The van der Waals surface area contributed by atoms with Crippen molar-refractivity contribution in [3.63, 3.8) is 0 Å². The van der Waals surface area contributed by atoms with Gasteiger partial charge < -0.3 is 5.11 Å². The molecule has 1 atom stereocenters. The molecule has 0 aromatic heterocycles. The van der Waals surface area contributed by atoms with Crippen LogP contribution < -0.4 is 0 Å². The number of hydrogen-bond acceptors (Lipinski definition) is 1. The number of rotatable bonds is 3. The maximum absolute atomic E-state index is 9.94. The fourth-order valence-electron chi connectivity index (χ4n) is 1.93. The number of aliphatic hydroxyl groups is 1. The van der Waals surface area contributed by atoms with Gasteiger partial charge in [0.2, 0.25) is 0 Å². The van der Waals surface area contributed by atoms with Gasteiger partial charge in [0.1, 0.15) is 0 Å². The summed E-state index contributed by atoms with van der Waals surface area (Å²) >= 11 is 0. The molecule has 0 aliphatic carbocycles. The van der Waals surface area contributed by atoms with E-state index in [9.17, 15) is 5.11 Å². The monoisotopic (exact) mass is 214 g/mol. The zero-order valence-corrected chi connectivity index (χ0v) is 9.85. The van der Waals surface area contributed by atoms with Crippen LogP contribution in [-0.2, 0) is 6.42 Å². The van der Waals surface area contributed by atoms with Crippen LogP contribution in [0.5, 0.6) is 0 Å². The molecule has 1 heteroatoms. The second-order valence-corrected chi connectivity index (χ2v) is 4.65. The Hall–Kier alpha value is -1.34. The van der Waals surface area contributed by atoms with E-state index in [1.165, 1.54) is 16.3 Å². The fourth-order valence-corrected chi connectivity index (χ4v) is 1.93. The van der Waals surface area contributed by atoms with Crippen molar-refractivity contribution >= 4 is 10.8 Å². The van der Waals surface area contributed by atoms with Crippen molar-refractivity contribution in [1.29, 1.82) is 0 Å². The van der Waals surface area contributed by atoms with Crippen molar-refractivity contribution < 1.29 is 5.11 Å². The molecule has 2 aromatic carbocycles. The molecule has 0 amide bonds. The molecule has 0 radical (unpaired) electrons. The first kappa shape index (κ1) is 11.2. The van der Waals surface area contributed by atoms with Gasteiger partial charge >= 0.3 is 0 Å². The van der Waals surface area contributed by atoms with Gasteiger partial charge in [0.05, 0.1) is 6.10 Å². The molecular formula is C15H18O. The minimum Gasteiger partial charge on any atom is -0.393 e. The van der Waals surface area contributed by atoms with Crippen molar-refractivity contribution in [2.75, 3.05) is 0 Å². The van der Waals surface area contributed by atoms with Crippen LogP contribution in [0.2, 0.25) is 0 Å². The third-order valence-electron chi connectivity index (χ3n) is 3.08. The molecule has 0 aliphatic heterocycles. The largest absolute Gasteiger partial charge is 0.393 e. The summed E-state index contributed by atoms with van der Waals surface area (Å²) in [4.78, 5) is 0. The van der Waals surface area contributed by atoms with Gasteiger partial charge in [-0.05, 0) is 28.7 Å². The van der Waals surface area contributed by atoms with Gasteiger partial charge in [0.25, 0.3) is 0 Å². The standard InChI is InChI=1S/C15H18O/c1-11(2)15(16)10-13-8-5-7-12-6-3-4-9-14(12)13/h3-9,11,15-16H,10H2,1-2H3. The van der Waals surface area contributed by atoms with Crippen LogP contribution in [0.15, 0.2) is 42.5 Å². The van der Waals surface area contributed by atoms with Crippen LogP contribution in [-0.4, -0.2) is 11.2 Å². The number of hydrogen-bond donors (Lipinski definition) is 1. The average Bonchev–Trinajstić information content (AvgIpc) is 2.29. The molecule has 0 saturated carbocycles. The fraction of sp³-hybridized carbons (Fsp3) is 0.333. The van der Waals surface area contributed by atoms with Crippen LogP contribution in [0.3, 0.4) is 0 Å². The molecule has 0 spiro atoms. The molecule has 0 aliphatic rings. The number of benzene rings is 2. The lowest BCUT2D eigenvalue weighted by Crippen LogP contribution is -2.17. The van der Waals surface area contributed by atoms with E-state index in [1.54, 1.807) is 0 Å². The SMILES string of the molecule is CC(C)C(O)Cc1cccc2ccccc12. The summed E-state index contributed by atoms with van der Waals surface area (Å²) in [6, 6.07) is 14.6. The second-order valence-electron chi connectivity index (χ2n) is 4.65. The van der Waals surface area contributed by atoms with E-state index in [0.717, 1.165) is 6.42 Å². The van der Waals surface area contributed by atoms with Gasteiger partial charge in [-0.3, -0.25) is 0 Å². The molecule has 2 aromatic rings. The van der Waals surface area contributed by atoms with Crippen LogP contribution in [0.1, 0.15) is 19.4 Å². The van der Waals surface area contributed by atoms with Crippen molar-refractivity contribution in [2.45, 2.75) is 26.4 Å². The Kier molecular flexibility index (Phi) is 3.25. The van der Waals surface area contributed by atoms with Gasteiger partial charge in [-0.25, -0.2) is 0 Å². The predicted molar refractivity (Wildman–Crippen MR) is 68.5 cm³/mol. The minimum absolute atomic E-state index is 0.259. The molecule has 1 nitrogen and oxygen atoms in total. The Morgan fingerprint density at radius 2 is 1.69 bits per heavy atom. The smallest absolute Gasteiger partial charge is 0.0603 e. The van der Waals surface area contributed by atoms with Crippen LogP contribution >= 0.6 is 0 Å². The van der Waals surface area contributed by atoms with E-state index in [2.05, 4.69) is 44.2 Å². The van der Waals surface area contributed by atoms with Crippen molar-refractivity contribution in [3.05, 3.63) is 48.0 Å². The van der Waals surface area contributed by atoms with E-state index in [0.29, 0.717) is 5.92 Å². The van der Waals surface area contributed by atoms with E-state index < -0.39 is 0 Å². The summed E-state index contributed by atoms with van der Waals surface area (Å²) in [6.45, 7) is 4.10. The molecular weight excluding hydrogens is 196 g/mol. The average molecular weight is 214 g/mol. The minimum atomic E-state index is -0.259. The predicted octanol–water partition coefficient (Wildman–Crippen LogP) is 3.40. The molecule has 0 saturated heterocycles. The molecule has 84 valence electrons. The third kappa shape index (κ3) is 2.25. The van der Waals surface area contributed by atoms with Crippen molar-refractivity contribution in [2.24, 2.45) is 5.92 Å². The quantitative estimate of drug-likeness (QED) is 0.830. The first-order chi connectivity index (χ1) is 7.68. The third-order valence-corrected chi connectivity index (χ3v) is 3.08. The van der Waals surface area contributed by atoms with Crippen molar-refractivity contribution in [1.82, 2.24) is 0 Å². The molecule has 0 fully saturated rings. The van der Waals surface area contributed by atoms with Gasteiger partial charge in [0.15, 0.2) is 0 Å². The van der Waals surface area contributed by atoms with Crippen LogP contribution in [0, 0.1) is 5.92 Å². The van der Waals surface area contributed by atoms with E-state index in [4.69, 9.17) is 0 Å². The molecule has 16 heavy (non-hydrogen) atoms. The Labute approximate surface area is 96.7 Å². The van der Waals surface area contributed by atoms with Crippen molar-refractivity contribution in [3.8, 4) is 0 Å². The zero-order chi connectivity index (χ0) is 11.5. The Bertz CT molecular complexity index is 468. The maximum Gasteiger partial charge on any atom is 0.0603 e. The summed E-state index contributed by atoms with van der Waals surface area (Å²) in [5.41, 5.74) is 1.24. The van der Waals surface area contributed by atoms with Gasteiger partial charge in [-0.15, -0.1) is 0 Å². The number of fused-ring (bicyclic) bond motifs is 1. The molecule has 0 bridgehead atoms. The lowest BCUT2D eigenvalue weighted by atomic mass is 9.95. The highest BCUT2D eigenvalue weighted by molar-refractivity contribution is 5.85. The normalized spacial score (nSPS) is 13.2. The van der Waals surface area contributed by atoms with E-state index >= 15 is 0 Å². The van der Waals surface area contributed by atoms with Gasteiger partial charge in [-0.1, -0.05) is 56.3 Å². The summed E-state index contributed by atoms with van der Waals surface area (Å²) < 4.78 is 0. The maximum atomic E-state index is 9.94. The lowest BCUT2D eigenvalue weighted by Gasteiger charge is -2.15. The summed E-state index contributed by atoms with van der Waals surface area (Å²) in [5.74, 6) is 0.305.